The van der Waals surface area contributed by atoms with E-state index in [1.807, 2.05) is 13.1 Å². The van der Waals surface area contributed by atoms with Gasteiger partial charge in [-0.1, -0.05) is 31.9 Å². The monoisotopic (exact) mass is 373 g/mol. The summed E-state index contributed by atoms with van der Waals surface area (Å²) in [6.07, 6.45) is 4.04. The number of hydrogen-bond donors (Lipinski definition) is 2. The van der Waals surface area contributed by atoms with Crippen molar-refractivity contribution in [3.63, 3.8) is 0 Å². The molecule has 0 aromatic carbocycles. The number of ether oxygens (including phenoxy) is 1. The molecule has 1 fully saturated rings. The second-order valence-electron chi connectivity index (χ2n) is 6.11. The Balaban J connectivity index is 0.000000828. The van der Waals surface area contributed by atoms with Gasteiger partial charge in [-0.05, 0) is 6.07 Å². The number of allylic oxidation sites excluding steroid dienone is 2. The molecule has 2 rings (SSSR count). The number of aromatic nitrogens is 1. The summed E-state index contributed by atoms with van der Waals surface area (Å²) in [4.78, 5) is 17.5. The van der Waals surface area contributed by atoms with Crippen molar-refractivity contribution >= 4 is 17.4 Å². The first-order valence-corrected chi connectivity index (χ1v) is 8.75. The van der Waals surface area contributed by atoms with E-state index in [2.05, 4.69) is 30.0 Å². The lowest BCUT2D eigenvalue weighted by atomic mass is 10.2. The Labute approximate surface area is 161 Å². The van der Waals surface area contributed by atoms with Gasteiger partial charge in [0.25, 0.3) is 0 Å². The predicted molar refractivity (Wildman–Crippen MR) is 111 cm³/mol. The molecule has 1 unspecified atom stereocenters. The molecule has 7 nitrogen and oxygen atoms in total. The van der Waals surface area contributed by atoms with Crippen molar-refractivity contribution in [3.05, 3.63) is 49.0 Å². The normalized spacial score (nSPS) is 16.2. The maximum Gasteiger partial charge on any atom is 0.219 e. The Kier molecular flexibility index (Phi) is 8.38. The van der Waals surface area contributed by atoms with Crippen LogP contribution in [0.2, 0.25) is 0 Å². The van der Waals surface area contributed by atoms with Gasteiger partial charge in [0.15, 0.2) is 11.2 Å². The summed E-state index contributed by atoms with van der Waals surface area (Å²) in [5.74, 6) is 1.28. The maximum absolute atomic E-state index is 11.5. The average Bonchev–Trinajstić information content (AvgIpc) is 3.13. The summed E-state index contributed by atoms with van der Waals surface area (Å²) in [7, 11) is 5.33. The number of pyridine rings is 1. The van der Waals surface area contributed by atoms with Crippen LogP contribution in [0.25, 0.3) is 5.70 Å². The third-order valence-corrected chi connectivity index (χ3v) is 4.34. The zero-order valence-electron chi connectivity index (χ0n) is 16.8. The molecular formula is C20H31N5O2. The van der Waals surface area contributed by atoms with Gasteiger partial charge in [0.2, 0.25) is 5.91 Å². The van der Waals surface area contributed by atoms with Crippen molar-refractivity contribution < 1.29 is 9.53 Å². The zero-order valence-corrected chi connectivity index (χ0v) is 16.8. The molecule has 1 aromatic heterocycles. The molecule has 0 saturated carbocycles. The van der Waals surface area contributed by atoms with Crippen LogP contribution in [-0.2, 0) is 11.8 Å². The van der Waals surface area contributed by atoms with Gasteiger partial charge in [-0.3, -0.25) is 9.79 Å². The van der Waals surface area contributed by atoms with E-state index in [-0.39, 0.29) is 12.0 Å². The number of amides is 1. The molecule has 2 heterocycles. The molecule has 1 aliphatic rings. The maximum atomic E-state index is 11.5. The first-order valence-electron chi connectivity index (χ1n) is 8.75. The third-order valence-electron chi connectivity index (χ3n) is 4.34. The van der Waals surface area contributed by atoms with Crippen molar-refractivity contribution in [2.24, 2.45) is 12.0 Å². The van der Waals surface area contributed by atoms with E-state index in [0.717, 1.165) is 18.5 Å². The second kappa shape index (κ2) is 10.3. The molecule has 1 saturated heterocycles. The highest BCUT2D eigenvalue weighted by Gasteiger charge is 2.26. The van der Waals surface area contributed by atoms with Gasteiger partial charge in [0.1, 0.15) is 11.9 Å². The minimum Gasteiger partial charge on any atom is -0.485 e. The Morgan fingerprint density at radius 2 is 2.07 bits per heavy atom. The van der Waals surface area contributed by atoms with Crippen molar-refractivity contribution in [1.29, 1.82) is 0 Å². The first-order chi connectivity index (χ1) is 12.8. The molecule has 0 radical (unpaired) electrons. The first kappa shape index (κ1) is 22.1. The van der Waals surface area contributed by atoms with E-state index in [1.54, 1.807) is 42.6 Å². The number of nitrogen functional groups attached to an aromatic ring is 1. The zero-order chi connectivity index (χ0) is 20.6. The number of anilines is 1. The largest absolute Gasteiger partial charge is 0.485 e. The van der Waals surface area contributed by atoms with Gasteiger partial charge in [-0.2, -0.15) is 0 Å². The number of nitrogens with two attached hydrogens (primary N) is 1. The molecule has 0 spiro atoms. The van der Waals surface area contributed by atoms with Crippen LogP contribution in [-0.4, -0.2) is 48.7 Å². The van der Waals surface area contributed by atoms with E-state index in [9.17, 15) is 4.79 Å². The SMILES string of the molecule is C=C(NC)c1cc(OC2CCN(C(C)=O)C2)c(=NC)n(C)c1N.C=CC=C. The Hall–Kier alpha value is -2.96. The average molecular weight is 374 g/mol. The van der Waals surface area contributed by atoms with Gasteiger partial charge < -0.3 is 25.3 Å². The van der Waals surface area contributed by atoms with Crippen molar-refractivity contribution in [2.45, 2.75) is 19.4 Å². The molecule has 0 bridgehead atoms. The van der Waals surface area contributed by atoms with Gasteiger partial charge >= 0.3 is 0 Å². The summed E-state index contributed by atoms with van der Waals surface area (Å²) >= 11 is 0. The Morgan fingerprint density at radius 3 is 2.52 bits per heavy atom. The van der Waals surface area contributed by atoms with Crippen LogP contribution >= 0.6 is 0 Å². The summed E-state index contributed by atoms with van der Waals surface area (Å²) < 4.78 is 7.90. The lowest BCUT2D eigenvalue weighted by Gasteiger charge is -2.19. The fraction of sp³-hybridized carbons (Fsp3) is 0.400. The lowest BCUT2D eigenvalue weighted by Crippen LogP contribution is -2.31. The number of nitrogens with one attached hydrogen (secondary N) is 1. The smallest absolute Gasteiger partial charge is 0.219 e. The highest BCUT2D eigenvalue weighted by Crippen LogP contribution is 2.23. The summed E-state index contributed by atoms with van der Waals surface area (Å²) in [6.45, 7) is 13.6. The lowest BCUT2D eigenvalue weighted by molar-refractivity contribution is -0.128. The number of nitrogens with zero attached hydrogens (tertiary/aromatic N) is 3. The minimum absolute atomic E-state index is 0.0428. The van der Waals surface area contributed by atoms with E-state index >= 15 is 0 Å². The van der Waals surface area contributed by atoms with Crippen LogP contribution in [0.1, 0.15) is 18.9 Å². The van der Waals surface area contributed by atoms with Crippen LogP contribution < -0.4 is 21.3 Å². The number of hydrogen-bond acceptors (Lipinski definition) is 5. The molecule has 1 amide bonds. The minimum atomic E-state index is -0.0428. The third kappa shape index (κ3) is 5.51. The summed E-state index contributed by atoms with van der Waals surface area (Å²) in [6, 6.07) is 1.85. The molecule has 1 atom stereocenters. The van der Waals surface area contributed by atoms with Crippen LogP contribution in [0.15, 0.2) is 42.9 Å². The molecule has 0 aliphatic carbocycles. The second-order valence-corrected chi connectivity index (χ2v) is 6.11. The van der Waals surface area contributed by atoms with Gasteiger partial charge in [0.05, 0.1) is 6.54 Å². The van der Waals surface area contributed by atoms with E-state index in [1.165, 1.54) is 0 Å². The number of rotatable bonds is 5. The fourth-order valence-electron chi connectivity index (χ4n) is 2.74. The van der Waals surface area contributed by atoms with Crippen molar-refractivity contribution in [3.8, 4) is 5.75 Å². The van der Waals surface area contributed by atoms with E-state index in [0.29, 0.717) is 29.3 Å². The van der Waals surface area contributed by atoms with Crippen LogP contribution in [0, 0.1) is 0 Å². The Morgan fingerprint density at radius 1 is 1.44 bits per heavy atom. The highest BCUT2D eigenvalue weighted by molar-refractivity contribution is 5.73. The predicted octanol–water partition coefficient (Wildman–Crippen LogP) is 1.69. The van der Waals surface area contributed by atoms with E-state index < -0.39 is 0 Å². The summed E-state index contributed by atoms with van der Waals surface area (Å²) in [5, 5.41) is 3.00. The molecule has 7 heteroatoms. The molecule has 148 valence electrons. The Bertz CT molecular complexity index is 773. The van der Waals surface area contributed by atoms with Crippen molar-refractivity contribution in [2.75, 3.05) is 32.9 Å². The fourth-order valence-corrected chi connectivity index (χ4v) is 2.74. The molecular weight excluding hydrogens is 342 g/mol. The van der Waals surface area contributed by atoms with Gasteiger partial charge in [-0.25, -0.2) is 0 Å². The van der Waals surface area contributed by atoms with Crippen LogP contribution in [0.5, 0.6) is 5.75 Å². The number of carbonyl (C=O) groups excluding carboxylic acids is 1. The highest BCUT2D eigenvalue weighted by atomic mass is 16.5. The van der Waals surface area contributed by atoms with Gasteiger partial charge in [0, 0.05) is 52.3 Å². The van der Waals surface area contributed by atoms with Gasteiger partial charge in [-0.15, -0.1) is 0 Å². The molecule has 1 aliphatic heterocycles. The summed E-state index contributed by atoms with van der Waals surface area (Å²) in [5.41, 5.74) is 8.32. The topological polar surface area (TPSA) is 84.9 Å². The number of likely N-dealkylation sites (tertiary alicyclic amines) is 1. The van der Waals surface area contributed by atoms with Crippen LogP contribution in [0.3, 0.4) is 0 Å². The van der Waals surface area contributed by atoms with E-state index in [4.69, 9.17) is 10.5 Å². The molecule has 1 aromatic rings. The standard InChI is InChI=1S/C16H25N5O2.C4H6/c1-10(18-3)13-8-14(16(19-4)20(5)15(13)17)23-12-6-7-21(9-12)11(2)22;1-3-4-2/h8,12,18H,1,6-7,9,17H2,2-5H3;3-4H,1-2H2. The molecule has 3 N–H and O–H groups in total. The quantitative estimate of drug-likeness (QED) is 0.769. The molecule has 27 heavy (non-hydrogen) atoms. The number of carbonyl (C=O) groups is 1. The van der Waals surface area contributed by atoms with Crippen LogP contribution in [0.4, 0.5) is 5.82 Å². The van der Waals surface area contributed by atoms with Crippen molar-refractivity contribution in [1.82, 2.24) is 14.8 Å².